The molecule has 2 aromatic heterocycles. The number of aliphatic hydroxyl groups excluding tert-OH is 7. The van der Waals surface area contributed by atoms with Crippen LogP contribution in [0, 0.1) is 33.6 Å². The highest BCUT2D eigenvalue weighted by Gasteiger charge is 2.45. The molecule has 8 rings (SSSR count). The number of hydrogen-bond donors (Lipinski definition) is 8. The average molecular weight is 1130 g/mol. The zero-order valence-electron chi connectivity index (χ0n) is 46.4. The van der Waals surface area contributed by atoms with E-state index in [1.807, 2.05) is 30.3 Å². The lowest BCUT2D eigenvalue weighted by Crippen LogP contribution is -2.56. The summed E-state index contributed by atoms with van der Waals surface area (Å²) in [7, 11) is 0. The number of hydrogen-bond acceptors (Lipinski definition) is 15. The summed E-state index contributed by atoms with van der Waals surface area (Å²) in [6.45, 7) is 14.5. The van der Waals surface area contributed by atoms with Crippen LogP contribution in [0.5, 0.6) is 0 Å². The lowest BCUT2D eigenvalue weighted by molar-refractivity contribution is -0.696. The molecule has 2 aliphatic heterocycles. The quantitative estimate of drug-likeness (QED) is 0.0155. The van der Waals surface area contributed by atoms with Crippen LogP contribution in [0.25, 0.3) is 22.3 Å². The van der Waals surface area contributed by atoms with Crippen molar-refractivity contribution in [1.82, 2.24) is 0 Å². The molecule has 3 aliphatic rings. The van der Waals surface area contributed by atoms with Gasteiger partial charge in [-0.25, -0.2) is 4.57 Å². The first-order valence-electron chi connectivity index (χ1n) is 28.0. The van der Waals surface area contributed by atoms with Crippen molar-refractivity contribution in [2.24, 2.45) is 5.92 Å². The van der Waals surface area contributed by atoms with E-state index in [4.69, 9.17) is 18.9 Å². The zero-order chi connectivity index (χ0) is 55.9. The van der Waals surface area contributed by atoms with E-state index in [1.165, 1.54) is 110 Å². The summed E-state index contributed by atoms with van der Waals surface area (Å²) < 4.78 is 25.5. The van der Waals surface area contributed by atoms with Gasteiger partial charge in [-0.1, -0.05) is 92.0 Å². The maximum Gasteiger partial charge on any atom is 0.326 e. The van der Waals surface area contributed by atoms with Crippen molar-refractivity contribution in [3.8, 4) is 22.3 Å². The highest BCUT2D eigenvalue weighted by molar-refractivity contribution is 8.00. The third-order valence-corrected chi connectivity index (χ3v) is 18.8. The lowest BCUT2D eigenvalue weighted by Gasteiger charge is -2.40. The second kappa shape index (κ2) is 30.2. The number of benzene rings is 3. The van der Waals surface area contributed by atoms with Gasteiger partial charge in [0.2, 0.25) is 0 Å². The monoisotopic (exact) mass is 1130 g/mol. The maximum absolute atomic E-state index is 10.6. The minimum Gasteiger partial charge on any atom is -0.446 e. The fourth-order valence-corrected chi connectivity index (χ4v) is 14.1. The second-order valence-electron chi connectivity index (χ2n) is 21.5. The van der Waals surface area contributed by atoms with E-state index in [0.717, 1.165) is 37.7 Å². The minimum absolute atomic E-state index is 0.281. The zero-order valence-corrected chi connectivity index (χ0v) is 48.9. The smallest absolute Gasteiger partial charge is 0.326 e. The third kappa shape index (κ3) is 16.3. The van der Waals surface area contributed by atoms with E-state index in [9.17, 15) is 40.8 Å². The number of aryl methyl sites for hydroxylation is 6. The average Bonchev–Trinajstić information content (AvgIpc) is 3.98. The number of aliphatic hydroxyl groups is 7. The third-order valence-electron chi connectivity index (χ3n) is 15.6. The fourth-order valence-electron chi connectivity index (χ4n) is 11.0. The highest BCUT2D eigenvalue weighted by Crippen LogP contribution is 2.55. The molecule has 4 heterocycles. The number of nitrogens with zero attached hydrogens (tertiary/aromatic N) is 1. The first kappa shape index (κ1) is 62.4. The number of pyridine rings is 1. The number of ether oxygens (including phenoxy) is 4. The molecule has 2 saturated heterocycles. The van der Waals surface area contributed by atoms with Crippen molar-refractivity contribution < 1.29 is 64.3 Å². The number of rotatable bonds is 26. The van der Waals surface area contributed by atoms with Gasteiger partial charge in [0, 0.05) is 63.8 Å². The van der Waals surface area contributed by atoms with Crippen molar-refractivity contribution in [2.45, 2.75) is 165 Å². The van der Waals surface area contributed by atoms with Crippen molar-refractivity contribution in [3.05, 3.63) is 129 Å². The van der Waals surface area contributed by atoms with Crippen LogP contribution in [0.4, 0.5) is 0 Å². The van der Waals surface area contributed by atoms with Crippen LogP contribution in [0.1, 0.15) is 95.9 Å². The van der Waals surface area contributed by atoms with E-state index >= 15 is 0 Å². The molecule has 11 atom stereocenters. The fraction of sp³-hybridized carbons (Fsp3) is 0.557. The van der Waals surface area contributed by atoms with Gasteiger partial charge in [0.15, 0.2) is 18.7 Å². The molecule has 17 heteroatoms. The SMILES string of the molecule is CB(O)c1ccc[n+](CCCCCCc2cc(C)sc2C)c1.Cc1ccc(-c2ccc3c(c2)C(CCCOCCSC2OC(CO)C(O)C(C)C2O)(CCCOCCSC2OC(O)C(O)C(O)C2O)c2cc(C)ccc2-3)cc1. The Balaban J connectivity index is 0.000000334. The van der Waals surface area contributed by atoms with Crippen LogP contribution < -0.4 is 10.0 Å². The summed E-state index contributed by atoms with van der Waals surface area (Å²) in [5.41, 5.74) is 10.7. The van der Waals surface area contributed by atoms with E-state index in [-0.39, 0.29) is 18.9 Å². The molecular weight excluding hydrogens is 1050 g/mol. The Labute approximate surface area is 475 Å². The summed E-state index contributed by atoms with van der Waals surface area (Å²) in [6.07, 6.45) is 5.34. The van der Waals surface area contributed by atoms with E-state index in [1.54, 1.807) is 12.5 Å². The van der Waals surface area contributed by atoms with Crippen molar-refractivity contribution >= 4 is 47.2 Å². The minimum atomic E-state index is -1.56. The van der Waals surface area contributed by atoms with Crippen LogP contribution in [-0.4, -0.2) is 146 Å². The standard InChI is InChI=1S/C43H58O11S2.C18H27BNOS/c1-25-6-9-28(10-7-25)29-11-13-31-30-12-8-26(2)22-32(30)43(33(31)23-29,15-5-17-52-19-21-56-42-39(49)37(47)38(48)40(50)54-42)14-4-16-51-18-20-55-41-36(46)27(3)35(45)34(24-44)53-41;1-15-13-17(16(2)22-15)9-6-4-5-7-11-20-12-8-10-18(14-20)19(3)21/h6-13,22-23,27,34-42,44-50H,4-5,14-21,24H2,1-3H3;8,10,12-14,21H,4-7,9,11H2,1-3H3/q;+1. The van der Waals surface area contributed by atoms with Crippen LogP contribution in [-0.2, 0) is 37.3 Å². The summed E-state index contributed by atoms with van der Waals surface area (Å²) in [5, 5.41) is 80.1. The van der Waals surface area contributed by atoms with Crippen LogP contribution >= 0.6 is 34.9 Å². The Morgan fingerprint density at radius 3 is 1.91 bits per heavy atom. The summed E-state index contributed by atoms with van der Waals surface area (Å²) in [4.78, 5) is 2.92. The Hall–Kier alpha value is -3.21. The number of aromatic nitrogens is 1. The van der Waals surface area contributed by atoms with Crippen molar-refractivity contribution in [2.75, 3.05) is 44.5 Å². The molecule has 0 saturated carbocycles. The molecular formula is C61H85BNO12S3+. The summed E-state index contributed by atoms with van der Waals surface area (Å²) in [5.74, 6) is 0.666. The van der Waals surface area contributed by atoms with Gasteiger partial charge in [0.05, 0.1) is 32.0 Å². The van der Waals surface area contributed by atoms with Gasteiger partial charge < -0.3 is 59.7 Å². The van der Waals surface area contributed by atoms with E-state index < -0.39 is 59.7 Å². The van der Waals surface area contributed by atoms with Gasteiger partial charge in [-0.15, -0.1) is 34.9 Å². The molecule has 5 aromatic rings. The first-order chi connectivity index (χ1) is 37.5. The molecule has 13 nitrogen and oxygen atoms in total. The summed E-state index contributed by atoms with van der Waals surface area (Å²) in [6, 6.07) is 28.6. The molecule has 0 bridgehead atoms. The molecule has 0 radical (unpaired) electrons. The molecule has 2 fully saturated rings. The van der Waals surface area contributed by atoms with Gasteiger partial charge in [-0.3, -0.25) is 0 Å². The Morgan fingerprint density at radius 1 is 0.654 bits per heavy atom. The van der Waals surface area contributed by atoms with E-state index in [0.29, 0.717) is 37.9 Å². The van der Waals surface area contributed by atoms with Crippen molar-refractivity contribution in [1.29, 1.82) is 0 Å². The maximum atomic E-state index is 10.6. The van der Waals surface area contributed by atoms with Crippen molar-refractivity contribution in [3.63, 3.8) is 0 Å². The number of unbranched alkanes of at least 4 members (excludes halogenated alkanes) is 3. The van der Waals surface area contributed by atoms with E-state index in [2.05, 4.69) is 111 Å². The first-order valence-corrected chi connectivity index (χ1v) is 30.9. The number of thiophene rings is 1. The van der Waals surface area contributed by atoms with Crippen LogP contribution in [0.2, 0.25) is 6.82 Å². The van der Waals surface area contributed by atoms with Crippen LogP contribution in [0.3, 0.4) is 0 Å². The predicted molar refractivity (Wildman–Crippen MR) is 314 cm³/mol. The lowest BCUT2D eigenvalue weighted by atomic mass is 9.65. The van der Waals surface area contributed by atoms with Gasteiger partial charge >= 0.3 is 6.92 Å². The predicted octanol–water partition coefficient (Wildman–Crippen LogP) is 7.41. The second-order valence-corrected chi connectivity index (χ2v) is 25.4. The number of fused-ring (bicyclic) bond motifs is 3. The largest absolute Gasteiger partial charge is 0.446 e. The number of thioether (sulfide) groups is 2. The summed E-state index contributed by atoms with van der Waals surface area (Å²) >= 11 is 4.58. The highest BCUT2D eigenvalue weighted by atomic mass is 32.2. The van der Waals surface area contributed by atoms with Gasteiger partial charge in [-0.05, 0) is 124 Å². The molecule has 1 aliphatic carbocycles. The van der Waals surface area contributed by atoms with Crippen LogP contribution in [0.15, 0.2) is 91.3 Å². The Morgan fingerprint density at radius 2 is 1.27 bits per heavy atom. The molecule has 426 valence electrons. The van der Waals surface area contributed by atoms with Gasteiger partial charge in [-0.2, -0.15) is 0 Å². The molecule has 78 heavy (non-hydrogen) atoms. The molecule has 0 amide bonds. The van der Waals surface area contributed by atoms with Gasteiger partial charge in [0.25, 0.3) is 0 Å². The molecule has 0 spiro atoms. The normalized spacial score (nSPS) is 25.6. The molecule has 3 aromatic carbocycles. The Kier molecular flexibility index (Phi) is 24.2. The van der Waals surface area contributed by atoms with Gasteiger partial charge in [0.1, 0.15) is 41.8 Å². The topological polar surface area (TPSA) is 203 Å². The molecule has 8 N–H and O–H groups in total. The molecule has 11 unspecified atom stereocenters. The Bertz CT molecular complexity index is 2620.